The molecular weight excluding hydrogens is 344 g/mol. The molecule has 6 heteroatoms. The van der Waals surface area contributed by atoms with Gasteiger partial charge in [0.1, 0.15) is 5.75 Å². The van der Waals surface area contributed by atoms with Crippen molar-refractivity contribution in [3.05, 3.63) is 53.1 Å². The summed E-state index contributed by atoms with van der Waals surface area (Å²) in [5.74, 6) is -0.704. The second-order valence-corrected chi connectivity index (χ2v) is 6.93. The monoisotopic (exact) mass is 364 g/mol. The van der Waals surface area contributed by atoms with Gasteiger partial charge in [0.15, 0.2) is 0 Å². The molecule has 4 rings (SSSR count). The number of aryl methyl sites for hydroxylation is 1. The first-order chi connectivity index (χ1) is 13.0. The summed E-state index contributed by atoms with van der Waals surface area (Å²) in [5.41, 5.74) is 3.99. The Balaban J connectivity index is 1.66. The molecule has 27 heavy (non-hydrogen) atoms. The van der Waals surface area contributed by atoms with Gasteiger partial charge in [-0.2, -0.15) is 0 Å². The highest BCUT2D eigenvalue weighted by molar-refractivity contribution is 6.09. The number of esters is 1. The first-order valence-corrected chi connectivity index (χ1v) is 9.02. The SMILES string of the molecule is CC(=O)Oc1ccccc1C(=O)Nc1cc2c3c(c1)[C@@H](C)C(=O)N3CCC2. The van der Waals surface area contributed by atoms with Crippen LogP contribution in [0.15, 0.2) is 36.4 Å². The van der Waals surface area contributed by atoms with Gasteiger partial charge < -0.3 is 15.0 Å². The molecule has 1 N–H and O–H groups in total. The number of carbonyl (C=O) groups excluding carboxylic acids is 3. The molecule has 2 amide bonds. The third-order valence-electron chi connectivity index (χ3n) is 5.06. The number of nitrogens with zero attached hydrogens (tertiary/aromatic N) is 1. The maximum atomic E-state index is 12.8. The quantitative estimate of drug-likeness (QED) is 0.670. The van der Waals surface area contributed by atoms with Crippen LogP contribution in [0.4, 0.5) is 11.4 Å². The van der Waals surface area contributed by atoms with Crippen LogP contribution in [-0.4, -0.2) is 24.3 Å². The van der Waals surface area contributed by atoms with E-state index in [1.807, 2.05) is 24.0 Å². The van der Waals surface area contributed by atoms with Gasteiger partial charge in [0, 0.05) is 19.2 Å². The zero-order valence-electron chi connectivity index (χ0n) is 15.2. The second kappa shape index (κ2) is 6.54. The summed E-state index contributed by atoms with van der Waals surface area (Å²) in [6, 6.07) is 10.4. The first-order valence-electron chi connectivity index (χ1n) is 9.02. The number of carbonyl (C=O) groups is 3. The molecule has 0 bridgehead atoms. The minimum Gasteiger partial charge on any atom is -0.426 e. The van der Waals surface area contributed by atoms with Crippen LogP contribution >= 0.6 is 0 Å². The topological polar surface area (TPSA) is 75.7 Å². The van der Waals surface area contributed by atoms with E-state index in [1.165, 1.54) is 6.92 Å². The fraction of sp³-hybridized carbons (Fsp3) is 0.286. The van der Waals surface area contributed by atoms with E-state index in [0.29, 0.717) is 5.69 Å². The number of nitrogens with one attached hydrogen (secondary N) is 1. The van der Waals surface area contributed by atoms with Crippen LogP contribution in [0, 0.1) is 0 Å². The van der Waals surface area contributed by atoms with E-state index in [-0.39, 0.29) is 29.0 Å². The number of rotatable bonds is 3. The third-order valence-corrected chi connectivity index (χ3v) is 5.06. The van der Waals surface area contributed by atoms with Crippen molar-refractivity contribution in [3.63, 3.8) is 0 Å². The van der Waals surface area contributed by atoms with Crippen molar-refractivity contribution in [1.29, 1.82) is 0 Å². The molecule has 0 aliphatic carbocycles. The van der Waals surface area contributed by atoms with Crippen molar-refractivity contribution < 1.29 is 19.1 Å². The zero-order chi connectivity index (χ0) is 19.1. The van der Waals surface area contributed by atoms with E-state index in [1.54, 1.807) is 24.3 Å². The Bertz CT molecular complexity index is 967. The summed E-state index contributed by atoms with van der Waals surface area (Å²) in [5, 5.41) is 2.89. The predicted molar refractivity (Wildman–Crippen MR) is 101 cm³/mol. The van der Waals surface area contributed by atoms with Crippen molar-refractivity contribution in [3.8, 4) is 5.75 Å². The maximum Gasteiger partial charge on any atom is 0.308 e. The lowest BCUT2D eigenvalue weighted by molar-refractivity contribution is -0.131. The molecule has 2 aromatic rings. The van der Waals surface area contributed by atoms with Crippen LogP contribution < -0.4 is 15.0 Å². The van der Waals surface area contributed by atoms with Crippen LogP contribution in [0.2, 0.25) is 0 Å². The van der Waals surface area contributed by atoms with Gasteiger partial charge in [0.2, 0.25) is 5.91 Å². The van der Waals surface area contributed by atoms with Crippen molar-refractivity contribution in [2.45, 2.75) is 32.6 Å². The molecule has 6 nitrogen and oxygen atoms in total. The Morgan fingerprint density at radius 1 is 1.22 bits per heavy atom. The number of para-hydroxylation sites is 1. The molecule has 0 spiro atoms. The Morgan fingerprint density at radius 2 is 2.00 bits per heavy atom. The average molecular weight is 364 g/mol. The molecule has 138 valence electrons. The highest BCUT2D eigenvalue weighted by atomic mass is 16.5. The first kappa shape index (κ1) is 17.3. The van der Waals surface area contributed by atoms with Gasteiger partial charge in [0.25, 0.3) is 5.91 Å². The molecule has 2 heterocycles. The Morgan fingerprint density at radius 3 is 2.78 bits per heavy atom. The van der Waals surface area contributed by atoms with Gasteiger partial charge in [-0.15, -0.1) is 0 Å². The Labute approximate surface area is 157 Å². The van der Waals surface area contributed by atoms with Gasteiger partial charge in [0.05, 0.1) is 17.2 Å². The van der Waals surface area contributed by atoms with Crippen LogP contribution in [-0.2, 0) is 16.0 Å². The van der Waals surface area contributed by atoms with Gasteiger partial charge >= 0.3 is 5.97 Å². The van der Waals surface area contributed by atoms with Gasteiger partial charge in [-0.25, -0.2) is 0 Å². The molecule has 0 radical (unpaired) electrons. The lowest BCUT2D eigenvalue weighted by Crippen LogP contribution is -2.32. The summed E-state index contributed by atoms with van der Waals surface area (Å²) in [4.78, 5) is 38.4. The highest BCUT2D eigenvalue weighted by Gasteiger charge is 2.38. The average Bonchev–Trinajstić information content (AvgIpc) is 2.88. The number of amides is 2. The molecule has 0 saturated carbocycles. The van der Waals surface area contributed by atoms with Crippen molar-refractivity contribution in [2.24, 2.45) is 0 Å². The molecule has 2 aromatic carbocycles. The second-order valence-electron chi connectivity index (χ2n) is 6.93. The van der Waals surface area contributed by atoms with Crippen LogP contribution in [0.5, 0.6) is 5.75 Å². The number of ether oxygens (including phenoxy) is 1. The molecule has 0 saturated heterocycles. The molecule has 0 aromatic heterocycles. The smallest absolute Gasteiger partial charge is 0.308 e. The summed E-state index contributed by atoms with van der Waals surface area (Å²) in [6.45, 7) is 3.95. The van der Waals surface area contributed by atoms with E-state index in [2.05, 4.69) is 5.32 Å². The summed E-state index contributed by atoms with van der Waals surface area (Å²) in [6.07, 6.45) is 1.80. The number of hydrogen-bond donors (Lipinski definition) is 1. The normalized spacial score (nSPS) is 17.5. The minimum absolute atomic E-state index is 0.120. The lowest BCUT2D eigenvalue weighted by Gasteiger charge is -2.26. The molecule has 1 atom stereocenters. The van der Waals surface area contributed by atoms with E-state index in [9.17, 15) is 14.4 Å². The summed E-state index contributed by atoms with van der Waals surface area (Å²) in [7, 11) is 0. The lowest BCUT2D eigenvalue weighted by atomic mass is 9.96. The molecular formula is C21H20N2O4. The Hall–Kier alpha value is -3.15. The Kier molecular flexibility index (Phi) is 4.18. The minimum atomic E-state index is -0.482. The number of hydrogen-bond acceptors (Lipinski definition) is 4. The number of anilines is 2. The van der Waals surface area contributed by atoms with E-state index >= 15 is 0 Å². The predicted octanol–water partition coefficient (Wildman–Crippen LogP) is 3.26. The zero-order valence-corrected chi connectivity index (χ0v) is 15.2. The standard InChI is InChI=1S/C21H20N2O4/c1-12-17-11-15(10-14-6-5-9-23(19(14)17)21(12)26)22-20(25)16-7-3-4-8-18(16)27-13(2)24/h3-4,7-8,10-12H,5-6,9H2,1-2H3,(H,22,25)/t12-/m1/s1. The fourth-order valence-electron chi connectivity index (χ4n) is 3.86. The van der Waals surface area contributed by atoms with Crippen molar-refractivity contribution >= 4 is 29.2 Å². The van der Waals surface area contributed by atoms with Gasteiger partial charge in [-0.1, -0.05) is 12.1 Å². The maximum absolute atomic E-state index is 12.8. The van der Waals surface area contributed by atoms with E-state index in [4.69, 9.17) is 4.74 Å². The molecule has 2 aliphatic rings. The summed E-state index contributed by atoms with van der Waals surface area (Å²) >= 11 is 0. The van der Waals surface area contributed by atoms with Crippen molar-refractivity contribution in [2.75, 3.05) is 16.8 Å². The third kappa shape index (κ3) is 2.97. The highest BCUT2D eigenvalue weighted by Crippen LogP contribution is 2.44. The molecule has 0 fully saturated rings. The van der Waals surface area contributed by atoms with E-state index < -0.39 is 5.97 Å². The van der Waals surface area contributed by atoms with Crippen LogP contribution in [0.1, 0.15) is 47.7 Å². The van der Waals surface area contributed by atoms with Gasteiger partial charge in [-0.05, 0) is 55.2 Å². The summed E-state index contributed by atoms with van der Waals surface area (Å²) < 4.78 is 5.13. The molecule has 2 aliphatic heterocycles. The van der Waals surface area contributed by atoms with E-state index in [0.717, 1.165) is 36.2 Å². The fourth-order valence-corrected chi connectivity index (χ4v) is 3.86. The van der Waals surface area contributed by atoms with Crippen molar-refractivity contribution in [1.82, 2.24) is 0 Å². The molecule has 0 unspecified atom stereocenters. The number of benzene rings is 2. The van der Waals surface area contributed by atoms with Crippen LogP contribution in [0.25, 0.3) is 0 Å². The van der Waals surface area contributed by atoms with Crippen LogP contribution in [0.3, 0.4) is 0 Å². The largest absolute Gasteiger partial charge is 0.426 e. The van der Waals surface area contributed by atoms with Gasteiger partial charge in [-0.3, -0.25) is 14.4 Å².